The number of methoxy groups -OCH3 is 4. The molecule has 0 saturated carbocycles. The summed E-state index contributed by atoms with van der Waals surface area (Å²) < 4.78 is 26.8. The fraction of sp³-hybridized carbons (Fsp3) is 0.261. The first kappa shape index (κ1) is 22.4. The van der Waals surface area contributed by atoms with Gasteiger partial charge < -0.3 is 18.9 Å². The van der Waals surface area contributed by atoms with Gasteiger partial charge in [-0.15, -0.1) is 0 Å². The van der Waals surface area contributed by atoms with E-state index in [4.69, 9.17) is 23.7 Å². The van der Waals surface area contributed by atoms with Gasteiger partial charge in [-0.1, -0.05) is 60.7 Å². The summed E-state index contributed by atoms with van der Waals surface area (Å²) in [4.78, 5) is 39.8. The van der Waals surface area contributed by atoms with E-state index in [1.54, 1.807) is 60.7 Å². The van der Waals surface area contributed by atoms with E-state index in [9.17, 15) is 14.4 Å². The van der Waals surface area contributed by atoms with Crippen molar-refractivity contribution in [1.29, 1.82) is 0 Å². The van der Waals surface area contributed by atoms with Crippen molar-refractivity contribution in [1.82, 2.24) is 0 Å². The third kappa shape index (κ3) is 3.44. The van der Waals surface area contributed by atoms with Crippen LogP contribution in [-0.4, -0.2) is 52.1 Å². The highest BCUT2D eigenvalue weighted by Crippen LogP contribution is 2.52. The van der Waals surface area contributed by atoms with Crippen molar-refractivity contribution in [2.45, 2.75) is 11.6 Å². The van der Waals surface area contributed by atoms with Crippen molar-refractivity contribution in [2.24, 2.45) is 0 Å². The summed E-state index contributed by atoms with van der Waals surface area (Å²) in [6.45, 7) is 0. The van der Waals surface area contributed by atoms with Gasteiger partial charge >= 0.3 is 17.9 Å². The summed E-state index contributed by atoms with van der Waals surface area (Å²) in [5.74, 6) is -4.75. The number of carbonyl (C=O) groups excluding carboxylic acids is 3. The van der Waals surface area contributed by atoms with Crippen LogP contribution in [0.25, 0.3) is 0 Å². The molecule has 0 bridgehead atoms. The Hall–Kier alpha value is -3.33. The average Bonchev–Trinajstić information content (AvgIpc) is 3.16. The molecule has 0 N–H and O–H groups in total. The largest absolute Gasteiger partial charge is 0.466 e. The molecule has 0 saturated heterocycles. The molecule has 8 nitrogen and oxygen atoms in total. The molecule has 31 heavy (non-hydrogen) atoms. The molecule has 0 amide bonds. The molecule has 0 radical (unpaired) electrons. The molecule has 0 fully saturated rings. The van der Waals surface area contributed by atoms with Crippen molar-refractivity contribution in [3.8, 4) is 0 Å². The fourth-order valence-corrected chi connectivity index (χ4v) is 3.64. The highest BCUT2D eigenvalue weighted by atomic mass is 16.9. The monoisotopic (exact) mass is 426 g/mol. The summed E-state index contributed by atoms with van der Waals surface area (Å²) in [7, 11) is 4.69. The predicted octanol–water partition coefficient (Wildman–Crippen LogP) is 2.38. The summed E-state index contributed by atoms with van der Waals surface area (Å²) >= 11 is 0. The van der Waals surface area contributed by atoms with E-state index in [1.165, 1.54) is 14.2 Å². The smallest absolute Gasteiger partial charge is 0.342 e. The van der Waals surface area contributed by atoms with Gasteiger partial charge in [0, 0.05) is 19.8 Å². The zero-order valence-corrected chi connectivity index (χ0v) is 17.5. The Labute approximate surface area is 179 Å². The second kappa shape index (κ2) is 8.81. The Morgan fingerprint density at radius 2 is 1.19 bits per heavy atom. The topological polar surface area (TPSA) is 97.4 Å². The summed E-state index contributed by atoms with van der Waals surface area (Å²) in [6.07, 6.45) is 0. The van der Waals surface area contributed by atoms with Crippen LogP contribution in [0, 0.1) is 0 Å². The molecule has 0 aliphatic carbocycles. The Kier molecular flexibility index (Phi) is 6.35. The molecule has 2 aromatic carbocycles. The molecule has 1 atom stereocenters. The predicted molar refractivity (Wildman–Crippen MR) is 108 cm³/mol. The van der Waals surface area contributed by atoms with E-state index in [1.807, 2.05) is 0 Å². The molecule has 0 unspecified atom stereocenters. The van der Waals surface area contributed by atoms with Gasteiger partial charge in [-0.3, -0.25) is 9.53 Å². The minimum absolute atomic E-state index is 0.236. The lowest BCUT2D eigenvalue weighted by Crippen LogP contribution is -2.46. The molecular weight excluding hydrogens is 404 g/mol. The van der Waals surface area contributed by atoms with Crippen LogP contribution in [0.15, 0.2) is 71.8 Å². The van der Waals surface area contributed by atoms with Crippen LogP contribution in [0.1, 0.15) is 15.9 Å². The third-order valence-electron chi connectivity index (χ3n) is 5.05. The SMILES string of the molecule is COC(=O)C1=C(C(=O)OC)[C@](C(=O)c2ccccc2)(c2ccccc2)OC1(OC)OC. The molecule has 1 heterocycles. The van der Waals surface area contributed by atoms with Gasteiger partial charge in [0.15, 0.2) is 5.60 Å². The number of hydrogen-bond donors (Lipinski definition) is 0. The van der Waals surface area contributed by atoms with Crippen LogP contribution in [0.2, 0.25) is 0 Å². The number of ether oxygens (including phenoxy) is 5. The van der Waals surface area contributed by atoms with E-state index in [-0.39, 0.29) is 16.7 Å². The summed E-state index contributed by atoms with van der Waals surface area (Å²) in [5.41, 5.74) is -2.39. The highest BCUT2D eigenvalue weighted by Gasteiger charge is 2.66. The molecule has 0 aromatic heterocycles. The average molecular weight is 426 g/mol. The number of Topliss-reactive ketones (excluding diaryl/α,β-unsaturated/α-hetero) is 1. The first-order chi connectivity index (χ1) is 14.9. The zero-order valence-electron chi connectivity index (χ0n) is 17.5. The molecule has 2 aromatic rings. The number of ketones is 1. The minimum atomic E-state index is -2.20. The van der Waals surface area contributed by atoms with Gasteiger partial charge in [0.2, 0.25) is 5.78 Å². The molecule has 0 spiro atoms. The lowest BCUT2D eigenvalue weighted by Gasteiger charge is -2.34. The van der Waals surface area contributed by atoms with Crippen LogP contribution in [0.5, 0.6) is 0 Å². The maximum atomic E-state index is 13.9. The third-order valence-corrected chi connectivity index (χ3v) is 5.05. The summed E-state index contributed by atoms with van der Waals surface area (Å²) in [5, 5.41) is 0. The molecular formula is C23H22O8. The van der Waals surface area contributed by atoms with Gasteiger partial charge in [-0.25, -0.2) is 9.59 Å². The van der Waals surface area contributed by atoms with Crippen molar-refractivity contribution in [2.75, 3.05) is 28.4 Å². The second-order valence-corrected chi connectivity index (χ2v) is 6.54. The van der Waals surface area contributed by atoms with Gasteiger partial charge in [0.25, 0.3) is 0 Å². The maximum Gasteiger partial charge on any atom is 0.342 e. The first-order valence-electron chi connectivity index (χ1n) is 9.29. The second-order valence-electron chi connectivity index (χ2n) is 6.54. The fourth-order valence-electron chi connectivity index (χ4n) is 3.64. The van der Waals surface area contributed by atoms with Crippen LogP contribution >= 0.6 is 0 Å². The van der Waals surface area contributed by atoms with Gasteiger partial charge in [0.05, 0.1) is 14.2 Å². The van der Waals surface area contributed by atoms with E-state index in [0.717, 1.165) is 14.2 Å². The van der Waals surface area contributed by atoms with Crippen LogP contribution in [0.3, 0.4) is 0 Å². The van der Waals surface area contributed by atoms with E-state index >= 15 is 0 Å². The van der Waals surface area contributed by atoms with E-state index < -0.39 is 34.9 Å². The van der Waals surface area contributed by atoms with Gasteiger partial charge in [-0.2, -0.15) is 0 Å². The van der Waals surface area contributed by atoms with Crippen molar-refractivity contribution in [3.63, 3.8) is 0 Å². The Balaban J connectivity index is 2.47. The molecule has 1 aliphatic rings. The lowest BCUT2D eigenvalue weighted by atomic mass is 9.79. The number of benzene rings is 2. The minimum Gasteiger partial charge on any atom is -0.466 e. The quantitative estimate of drug-likeness (QED) is 0.378. The molecule has 8 heteroatoms. The molecule has 1 aliphatic heterocycles. The molecule has 3 rings (SSSR count). The van der Waals surface area contributed by atoms with Crippen LogP contribution in [0.4, 0.5) is 0 Å². The van der Waals surface area contributed by atoms with E-state index in [0.29, 0.717) is 0 Å². The van der Waals surface area contributed by atoms with Crippen LogP contribution < -0.4 is 0 Å². The summed E-state index contributed by atoms with van der Waals surface area (Å²) in [6, 6.07) is 16.5. The standard InChI is InChI=1S/C23H22O8/c1-27-20(25)17-18(21(26)28-2)23(29-3,30-4)31-22(17,16-13-9-6-10-14-16)19(24)15-11-7-5-8-12-15/h5-14H,1-4H3/t22-/m0/s1. The van der Waals surface area contributed by atoms with Crippen molar-refractivity contribution < 1.29 is 38.1 Å². The maximum absolute atomic E-state index is 13.9. The molecule has 162 valence electrons. The zero-order chi connectivity index (χ0) is 22.6. The van der Waals surface area contributed by atoms with E-state index in [2.05, 4.69) is 0 Å². The highest BCUT2D eigenvalue weighted by molar-refractivity contribution is 6.15. The number of hydrogen-bond acceptors (Lipinski definition) is 8. The van der Waals surface area contributed by atoms with Crippen molar-refractivity contribution in [3.05, 3.63) is 82.9 Å². The number of rotatable bonds is 7. The number of esters is 2. The Bertz CT molecular complexity index is 1010. The Morgan fingerprint density at radius 3 is 1.68 bits per heavy atom. The Morgan fingerprint density at radius 1 is 0.710 bits per heavy atom. The number of carbonyl (C=O) groups is 3. The normalized spacial score (nSPS) is 19.7. The lowest BCUT2D eigenvalue weighted by molar-refractivity contribution is -0.348. The van der Waals surface area contributed by atoms with Gasteiger partial charge in [0.1, 0.15) is 11.1 Å². The van der Waals surface area contributed by atoms with Crippen LogP contribution in [-0.2, 0) is 38.9 Å². The first-order valence-corrected chi connectivity index (χ1v) is 9.29. The van der Waals surface area contributed by atoms with Crippen molar-refractivity contribution >= 4 is 17.7 Å². The van der Waals surface area contributed by atoms with Gasteiger partial charge in [-0.05, 0) is 5.56 Å².